The molecule has 0 amide bonds. The van der Waals surface area contributed by atoms with Gasteiger partial charge in [0, 0.05) is 17.5 Å². The molecule has 2 aromatic heterocycles. The first-order valence-corrected chi connectivity index (χ1v) is 6.33. The van der Waals surface area contributed by atoms with Crippen molar-refractivity contribution in [2.45, 2.75) is 32.1 Å². The van der Waals surface area contributed by atoms with E-state index in [0.29, 0.717) is 5.69 Å². The van der Waals surface area contributed by atoms with Gasteiger partial charge in [0.2, 0.25) is 0 Å². The molecule has 0 saturated heterocycles. The molecule has 2 aromatic rings. The number of nitrogens with zero attached hydrogens (tertiary/aromatic N) is 1. The Bertz CT molecular complexity index is 538. The lowest BCUT2D eigenvalue weighted by molar-refractivity contribution is 0.0884. The minimum absolute atomic E-state index is 0.198. The van der Waals surface area contributed by atoms with Crippen molar-refractivity contribution in [1.29, 1.82) is 0 Å². The van der Waals surface area contributed by atoms with Crippen molar-refractivity contribution in [2.75, 3.05) is 0 Å². The Labute approximate surface area is 100 Å². The van der Waals surface area contributed by atoms with E-state index in [4.69, 9.17) is 0 Å². The van der Waals surface area contributed by atoms with E-state index in [2.05, 4.69) is 9.97 Å². The third-order valence-corrected chi connectivity index (χ3v) is 3.64. The van der Waals surface area contributed by atoms with Crippen molar-refractivity contribution >= 4 is 16.8 Å². The predicted molar refractivity (Wildman–Crippen MR) is 67.0 cm³/mol. The van der Waals surface area contributed by atoms with Gasteiger partial charge in [-0.1, -0.05) is 19.3 Å². The zero-order valence-electron chi connectivity index (χ0n) is 9.78. The average Bonchev–Trinajstić information content (AvgIpc) is 2.86. The molecule has 3 rings (SSSR count). The van der Waals surface area contributed by atoms with E-state index in [1.165, 1.54) is 19.3 Å². The SMILES string of the molecule is O=C(c1ccc2cc[nH]c2n1)C1CCCCC1. The lowest BCUT2D eigenvalue weighted by Crippen LogP contribution is -2.18. The number of carbonyl (C=O) groups excluding carboxylic acids is 1. The van der Waals surface area contributed by atoms with Gasteiger partial charge in [-0.05, 0) is 31.0 Å². The topological polar surface area (TPSA) is 45.8 Å². The van der Waals surface area contributed by atoms with Crippen LogP contribution >= 0.6 is 0 Å². The number of H-pyrrole nitrogens is 1. The number of rotatable bonds is 2. The van der Waals surface area contributed by atoms with Crippen LogP contribution in [0.2, 0.25) is 0 Å². The maximum absolute atomic E-state index is 12.3. The fourth-order valence-electron chi connectivity index (χ4n) is 2.64. The van der Waals surface area contributed by atoms with Gasteiger partial charge in [0.05, 0.1) is 0 Å². The molecule has 0 unspecified atom stereocenters. The molecule has 2 heterocycles. The molecule has 0 radical (unpaired) electrons. The Morgan fingerprint density at radius 1 is 1.18 bits per heavy atom. The Morgan fingerprint density at radius 2 is 2.00 bits per heavy atom. The van der Waals surface area contributed by atoms with E-state index in [0.717, 1.165) is 23.9 Å². The standard InChI is InChI=1S/C14H16N2O/c17-13(10-4-2-1-3-5-10)12-7-6-11-8-9-15-14(11)16-12/h6-10H,1-5H2,(H,15,16). The van der Waals surface area contributed by atoms with Crippen LogP contribution in [0.1, 0.15) is 42.6 Å². The van der Waals surface area contributed by atoms with Gasteiger partial charge in [-0.3, -0.25) is 4.79 Å². The molecule has 3 heteroatoms. The number of hydrogen-bond acceptors (Lipinski definition) is 2. The van der Waals surface area contributed by atoms with Crippen LogP contribution in [0, 0.1) is 5.92 Å². The summed E-state index contributed by atoms with van der Waals surface area (Å²) >= 11 is 0. The highest BCUT2D eigenvalue weighted by Gasteiger charge is 2.23. The fourth-order valence-corrected chi connectivity index (χ4v) is 2.64. The number of ketones is 1. The van der Waals surface area contributed by atoms with Gasteiger partial charge in [-0.25, -0.2) is 4.98 Å². The van der Waals surface area contributed by atoms with Gasteiger partial charge < -0.3 is 4.98 Å². The summed E-state index contributed by atoms with van der Waals surface area (Å²) in [6.07, 6.45) is 7.55. The molecule has 1 N–H and O–H groups in total. The Kier molecular flexibility index (Phi) is 2.67. The normalized spacial score (nSPS) is 17.4. The number of nitrogens with one attached hydrogen (secondary N) is 1. The minimum Gasteiger partial charge on any atom is -0.346 e. The van der Waals surface area contributed by atoms with E-state index >= 15 is 0 Å². The Hall–Kier alpha value is -1.64. The summed E-state index contributed by atoms with van der Waals surface area (Å²) < 4.78 is 0. The van der Waals surface area contributed by atoms with Crippen LogP contribution in [0.25, 0.3) is 11.0 Å². The molecule has 88 valence electrons. The van der Waals surface area contributed by atoms with Crippen molar-refractivity contribution in [1.82, 2.24) is 9.97 Å². The van der Waals surface area contributed by atoms with Crippen LogP contribution < -0.4 is 0 Å². The van der Waals surface area contributed by atoms with Crippen molar-refractivity contribution < 1.29 is 4.79 Å². The molecule has 1 aliphatic carbocycles. The third kappa shape index (κ3) is 1.97. The zero-order chi connectivity index (χ0) is 11.7. The largest absolute Gasteiger partial charge is 0.346 e. The number of pyridine rings is 1. The molecule has 0 atom stereocenters. The van der Waals surface area contributed by atoms with Gasteiger partial charge in [0.1, 0.15) is 11.3 Å². The molecular formula is C14H16N2O. The van der Waals surface area contributed by atoms with E-state index in [9.17, 15) is 4.79 Å². The van der Waals surface area contributed by atoms with E-state index < -0.39 is 0 Å². The van der Waals surface area contributed by atoms with Crippen molar-refractivity contribution in [3.63, 3.8) is 0 Å². The summed E-state index contributed by atoms with van der Waals surface area (Å²) in [6, 6.07) is 5.79. The van der Waals surface area contributed by atoms with E-state index in [1.54, 1.807) is 0 Å². The molecule has 0 spiro atoms. The molecule has 1 fully saturated rings. The van der Waals surface area contributed by atoms with Crippen LogP contribution in [-0.2, 0) is 0 Å². The van der Waals surface area contributed by atoms with Crippen LogP contribution in [-0.4, -0.2) is 15.8 Å². The van der Waals surface area contributed by atoms with Gasteiger partial charge in [-0.2, -0.15) is 0 Å². The van der Waals surface area contributed by atoms with Crippen molar-refractivity contribution in [3.8, 4) is 0 Å². The number of aromatic nitrogens is 2. The summed E-state index contributed by atoms with van der Waals surface area (Å²) in [5, 5.41) is 1.06. The predicted octanol–water partition coefficient (Wildman–Crippen LogP) is 3.33. The Morgan fingerprint density at radius 3 is 2.82 bits per heavy atom. The van der Waals surface area contributed by atoms with Gasteiger partial charge in [-0.15, -0.1) is 0 Å². The second-order valence-corrected chi connectivity index (χ2v) is 4.81. The molecule has 0 aliphatic heterocycles. The molecule has 1 saturated carbocycles. The van der Waals surface area contributed by atoms with Gasteiger partial charge >= 0.3 is 0 Å². The second-order valence-electron chi connectivity index (χ2n) is 4.81. The maximum atomic E-state index is 12.3. The lowest BCUT2D eigenvalue weighted by atomic mass is 9.85. The molecule has 0 bridgehead atoms. The van der Waals surface area contributed by atoms with E-state index in [1.807, 2.05) is 24.4 Å². The van der Waals surface area contributed by atoms with Crippen molar-refractivity contribution in [2.24, 2.45) is 5.92 Å². The minimum atomic E-state index is 0.198. The third-order valence-electron chi connectivity index (χ3n) is 3.64. The molecule has 17 heavy (non-hydrogen) atoms. The number of carbonyl (C=O) groups is 1. The highest BCUT2D eigenvalue weighted by atomic mass is 16.1. The van der Waals surface area contributed by atoms with Crippen LogP contribution in [0.3, 0.4) is 0 Å². The number of fused-ring (bicyclic) bond motifs is 1. The quantitative estimate of drug-likeness (QED) is 0.801. The zero-order valence-corrected chi connectivity index (χ0v) is 9.78. The summed E-state index contributed by atoms with van der Waals surface area (Å²) in [5.41, 5.74) is 1.43. The summed E-state index contributed by atoms with van der Waals surface area (Å²) in [5.74, 6) is 0.421. The smallest absolute Gasteiger partial charge is 0.184 e. The maximum Gasteiger partial charge on any atom is 0.184 e. The number of hydrogen-bond donors (Lipinski definition) is 1. The number of Topliss-reactive ketones (excluding diaryl/α,β-unsaturated/α-hetero) is 1. The van der Waals surface area contributed by atoms with E-state index in [-0.39, 0.29) is 11.7 Å². The monoisotopic (exact) mass is 228 g/mol. The summed E-state index contributed by atoms with van der Waals surface area (Å²) in [4.78, 5) is 19.7. The first-order chi connectivity index (χ1) is 8.34. The fraction of sp³-hybridized carbons (Fsp3) is 0.429. The molecule has 3 nitrogen and oxygen atoms in total. The Balaban J connectivity index is 1.88. The first kappa shape index (κ1) is 10.5. The molecule has 1 aliphatic rings. The molecule has 0 aromatic carbocycles. The van der Waals surface area contributed by atoms with Gasteiger partial charge in [0.25, 0.3) is 0 Å². The molecular weight excluding hydrogens is 212 g/mol. The lowest BCUT2D eigenvalue weighted by Gasteiger charge is -2.19. The summed E-state index contributed by atoms with van der Waals surface area (Å²) in [7, 11) is 0. The highest BCUT2D eigenvalue weighted by Crippen LogP contribution is 2.26. The second kappa shape index (κ2) is 4.32. The summed E-state index contributed by atoms with van der Waals surface area (Å²) in [6.45, 7) is 0. The van der Waals surface area contributed by atoms with Gasteiger partial charge in [0.15, 0.2) is 5.78 Å². The first-order valence-electron chi connectivity index (χ1n) is 6.33. The number of aromatic amines is 1. The van der Waals surface area contributed by atoms with Crippen LogP contribution in [0.4, 0.5) is 0 Å². The highest BCUT2D eigenvalue weighted by molar-refractivity contribution is 5.97. The van der Waals surface area contributed by atoms with Crippen LogP contribution in [0.15, 0.2) is 24.4 Å². The van der Waals surface area contributed by atoms with Crippen LogP contribution in [0.5, 0.6) is 0 Å². The van der Waals surface area contributed by atoms with Crippen molar-refractivity contribution in [3.05, 3.63) is 30.1 Å². The average molecular weight is 228 g/mol.